The van der Waals surface area contributed by atoms with Crippen molar-refractivity contribution < 1.29 is 44.2 Å². The minimum absolute atomic E-state index is 0.0671. The Balaban J connectivity index is 1.52. The number of fused-ring (bicyclic) bond motifs is 1. The van der Waals surface area contributed by atoms with Crippen molar-refractivity contribution in [2.24, 2.45) is 22.7 Å². The lowest BCUT2D eigenvalue weighted by molar-refractivity contribution is -0.291. The highest BCUT2D eigenvalue weighted by Crippen LogP contribution is 2.62. The van der Waals surface area contributed by atoms with Crippen LogP contribution >= 0.6 is 0 Å². The van der Waals surface area contributed by atoms with Crippen LogP contribution in [0.4, 0.5) is 0 Å². The summed E-state index contributed by atoms with van der Waals surface area (Å²) in [6.45, 7) is 6.40. The third kappa shape index (κ3) is 4.69. The lowest BCUT2D eigenvalue weighted by Crippen LogP contribution is -2.59. The molecule has 196 valence electrons. The Bertz CT molecular complexity index is 895. The van der Waals surface area contributed by atoms with E-state index in [1.165, 1.54) is 0 Å². The van der Waals surface area contributed by atoms with Gasteiger partial charge in [0.2, 0.25) is 6.29 Å². The van der Waals surface area contributed by atoms with E-state index in [0.29, 0.717) is 24.5 Å². The van der Waals surface area contributed by atoms with E-state index in [4.69, 9.17) is 14.2 Å². The number of cyclic esters (lactones) is 1. The quantitative estimate of drug-likeness (QED) is 0.403. The fraction of sp³-hybridized carbons (Fsp3) is 0.769. The molecular formula is C26H38O9. The predicted molar refractivity (Wildman–Crippen MR) is 124 cm³/mol. The highest BCUT2D eigenvalue weighted by Gasteiger charge is 2.56. The minimum Gasteiger partial charge on any atom is -0.458 e. The summed E-state index contributed by atoms with van der Waals surface area (Å²) < 4.78 is 16.0. The molecule has 4 aliphatic rings. The molecule has 0 aromatic rings. The maximum absolute atomic E-state index is 13.4. The summed E-state index contributed by atoms with van der Waals surface area (Å²) >= 11 is 0. The largest absolute Gasteiger partial charge is 0.458 e. The molecule has 2 fully saturated rings. The molecular weight excluding hydrogens is 456 g/mol. The maximum atomic E-state index is 13.4. The van der Waals surface area contributed by atoms with E-state index in [2.05, 4.69) is 20.8 Å². The summed E-state index contributed by atoms with van der Waals surface area (Å²) in [7, 11) is 0. The van der Waals surface area contributed by atoms with Crippen molar-refractivity contribution in [3.8, 4) is 0 Å². The van der Waals surface area contributed by atoms with Crippen molar-refractivity contribution in [3.05, 3.63) is 23.3 Å². The van der Waals surface area contributed by atoms with Gasteiger partial charge in [-0.25, -0.2) is 9.59 Å². The number of rotatable bonds is 6. The Hall–Kier alpha value is -1.78. The van der Waals surface area contributed by atoms with Gasteiger partial charge in [-0.05, 0) is 61.3 Å². The number of carbonyl (C=O) groups excluding carboxylic acids is 2. The number of hydrogen-bond acceptors (Lipinski definition) is 9. The first-order chi connectivity index (χ1) is 16.5. The molecule has 2 aliphatic heterocycles. The van der Waals surface area contributed by atoms with Crippen LogP contribution < -0.4 is 0 Å². The van der Waals surface area contributed by atoms with E-state index in [9.17, 15) is 30.0 Å². The molecule has 9 atom stereocenters. The van der Waals surface area contributed by atoms with Crippen molar-refractivity contribution in [1.82, 2.24) is 0 Å². The zero-order valence-corrected chi connectivity index (χ0v) is 20.7. The van der Waals surface area contributed by atoms with Gasteiger partial charge in [0.15, 0.2) is 0 Å². The molecule has 2 heterocycles. The Morgan fingerprint density at radius 1 is 1.17 bits per heavy atom. The zero-order valence-electron chi connectivity index (χ0n) is 20.7. The summed E-state index contributed by atoms with van der Waals surface area (Å²) in [4.78, 5) is 24.9. The Morgan fingerprint density at radius 3 is 2.57 bits per heavy atom. The van der Waals surface area contributed by atoms with Crippen LogP contribution in [-0.2, 0) is 23.8 Å². The smallest absolute Gasteiger partial charge is 0.336 e. The second-order valence-corrected chi connectivity index (χ2v) is 11.1. The van der Waals surface area contributed by atoms with Crippen molar-refractivity contribution in [2.45, 2.75) is 90.0 Å². The van der Waals surface area contributed by atoms with Crippen LogP contribution in [0, 0.1) is 22.7 Å². The van der Waals surface area contributed by atoms with Gasteiger partial charge in [-0.1, -0.05) is 26.8 Å². The van der Waals surface area contributed by atoms with Crippen LogP contribution in [0.3, 0.4) is 0 Å². The van der Waals surface area contributed by atoms with Gasteiger partial charge in [-0.3, -0.25) is 0 Å². The van der Waals surface area contributed by atoms with Crippen LogP contribution in [0.15, 0.2) is 23.3 Å². The Kier molecular flexibility index (Phi) is 7.46. The van der Waals surface area contributed by atoms with E-state index in [-0.39, 0.29) is 17.3 Å². The molecule has 2 aliphatic carbocycles. The van der Waals surface area contributed by atoms with Gasteiger partial charge in [0.05, 0.1) is 6.61 Å². The fourth-order valence-corrected chi connectivity index (χ4v) is 6.75. The third-order valence-electron chi connectivity index (χ3n) is 9.20. The topological polar surface area (TPSA) is 143 Å². The molecule has 0 bridgehead atoms. The molecule has 0 aromatic heterocycles. The highest BCUT2D eigenvalue weighted by atomic mass is 16.7. The van der Waals surface area contributed by atoms with Gasteiger partial charge in [0.25, 0.3) is 0 Å². The highest BCUT2D eigenvalue weighted by molar-refractivity contribution is 5.90. The first-order valence-electron chi connectivity index (χ1n) is 12.6. The first kappa shape index (κ1) is 26.3. The summed E-state index contributed by atoms with van der Waals surface area (Å²) in [5.41, 5.74) is 1.04. The van der Waals surface area contributed by atoms with Gasteiger partial charge in [-0.15, -0.1) is 0 Å². The van der Waals surface area contributed by atoms with Crippen molar-refractivity contribution in [3.63, 3.8) is 0 Å². The molecule has 35 heavy (non-hydrogen) atoms. The van der Waals surface area contributed by atoms with Crippen LogP contribution in [0.5, 0.6) is 0 Å². The van der Waals surface area contributed by atoms with Gasteiger partial charge in [0.1, 0.15) is 31.0 Å². The van der Waals surface area contributed by atoms with Crippen molar-refractivity contribution >= 4 is 11.9 Å². The molecule has 9 heteroatoms. The summed E-state index contributed by atoms with van der Waals surface area (Å²) in [5, 5.41) is 39.8. The van der Waals surface area contributed by atoms with E-state index >= 15 is 0 Å². The molecule has 0 spiro atoms. The number of ether oxygens (including phenoxy) is 3. The average Bonchev–Trinajstić information content (AvgIpc) is 3.25. The number of aliphatic hydroxyl groups is 4. The third-order valence-corrected chi connectivity index (χ3v) is 9.20. The average molecular weight is 495 g/mol. The molecule has 0 aromatic carbocycles. The number of esters is 2. The number of aliphatic hydroxyl groups excluding tert-OH is 4. The minimum atomic E-state index is -1.63. The predicted octanol–water partition coefficient (Wildman–Crippen LogP) is 1.37. The van der Waals surface area contributed by atoms with Crippen molar-refractivity contribution in [2.75, 3.05) is 13.2 Å². The van der Waals surface area contributed by atoms with Gasteiger partial charge in [-0.2, -0.15) is 0 Å². The molecule has 4 N–H and O–H groups in total. The normalized spacial score (nSPS) is 43.6. The van der Waals surface area contributed by atoms with E-state index in [0.717, 1.165) is 37.7 Å². The SMILES string of the molecule is C[C@@H]1CC[C@]2(C)C(C(=O)O[C@@H]3O[C@H](CO)[C@H](O)[C@H](O)[C@H]3O)=CCC[C@@H]2[C@@]1(C)CCC1=CC(=O)OC1. The summed E-state index contributed by atoms with van der Waals surface area (Å²) in [6.07, 6.45) is 1.14. The number of carbonyl (C=O) groups is 2. The lowest BCUT2D eigenvalue weighted by Gasteiger charge is -2.58. The molecule has 0 radical (unpaired) electrons. The van der Waals surface area contributed by atoms with E-state index in [1.54, 1.807) is 6.08 Å². The number of allylic oxidation sites excluding steroid dienone is 1. The molecule has 1 saturated heterocycles. The van der Waals surface area contributed by atoms with Crippen LogP contribution in [-0.4, -0.2) is 76.3 Å². The second-order valence-electron chi connectivity index (χ2n) is 11.1. The molecule has 0 amide bonds. The molecule has 4 rings (SSSR count). The monoisotopic (exact) mass is 494 g/mol. The fourth-order valence-electron chi connectivity index (χ4n) is 6.75. The summed E-state index contributed by atoms with van der Waals surface area (Å²) in [5.74, 6) is -0.263. The zero-order chi connectivity index (χ0) is 25.5. The number of hydrogen-bond donors (Lipinski definition) is 4. The molecule has 0 unspecified atom stereocenters. The van der Waals surface area contributed by atoms with Gasteiger partial charge < -0.3 is 34.6 Å². The Morgan fingerprint density at radius 2 is 1.91 bits per heavy atom. The molecule has 1 saturated carbocycles. The second kappa shape index (κ2) is 9.94. The lowest BCUT2D eigenvalue weighted by atomic mass is 9.46. The Labute approximate surface area is 205 Å². The standard InChI is InChI=1S/C26H38O9/c1-14-7-9-26(3)16(23(32)35-24-22(31)21(30)20(29)17(12-27)34-24)5-4-6-18(26)25(14,2)10-8-15-11-19(28)33-13-15/h5,11,14,17-18,20-22,24,27,29-31H,4,6-10,12-13H2,1-3H3/t14-,17-,18-,20+,21+,22-,24+,25+,26-/m1/s1. The van der Waals surface area contributed by atoms with E-state index in [1.807, 2.05) is 6.08 Å². The van der Waals surface area contributed by atoms with Crippen LogP contribution in [0.25, 0.3) is 0 Å². The maximum Gasteiger partial charge on any atom is 0.336 e. The summed E-state index contributed by atoms with van der Waals surface area (Å²) in [6, 6.07) is 0. The van der Waals surface area contributed by atoms with Gasteiger partial charge in [0, 0.05) is 17.1 Å². The van der Waals surface area contributed by atoms with Gasteiger partial charge >= 0.3 is 11.9 Å². The van der Waals surface area contributed by atoms with Crippen molar-refractivity contribution in [1.29, 1.82) is 0 Å². The molecule has 9 nitrogen and oxygen atoms in total. The van der Waals surface area contributed by atoms with Crippen LogP contribution in [0.2, 0.25) is 0 Å². The first-order valence-corrected chi connectivity index (χ1v) is 12.6. The van der Waals surface area contributed by atoms with E-state index < -0.39 is 48.7 Å². The van der Waals surface area contributed by atoms with Crippen LogP contribution in [0.1, 0.15) is 59.3 Å².